The van der Waals surface area contributed by atoms with Crippen LogP contribution in [0.15, 0.2) is 22.7 Å². The van der Waals surface area contributed by atoms with Gasteiger partial charge in [0.25, 0.3) is 0 Å². The molecule has 2 unspecified atom stereocenters. The van der Waals surface area contributed by atoms with Crippen LogP contribution in [0.5, 0.6) is 0 Å². The molecule has 1 aliphatic carbocycles. The maximum Gasteiger partial charge on any atom is 0.227 e. The number of aromatic amines is 1. The summed E-state index contributed by atoms with van der Waals surface area (Å²) in [6, 6.07) is 6.06. The van der Waals surface area contributed by atoms with Crippen LogP contribution < -0.4 is 15.5 Å². The minimum atomic E-state index is 0.326. The quantitative estimate of drug-likeness (QED) is 0.473. The molecular weight excluding hydrogens is 418 g/mol. The lowest BCUT2D eigenvalue weighted by Gasteiger charge is -2.33. The van der Waals surface area contributed by atoms with E-state index in [-0.39, 0.29) is 0 Å². The van der Waals surface area contributed by atoms with Crippen molar-refractivity contribution < 1.29 is 4.52 Å². The summed E-state index contributed by atoms with van der Waals surface area (Å²) in [6.45, 7) is 10.8. The third-order valence-corrected chi connectivity index (χ3v) is 6.49. The van der Waals surface area contributed by atoms with Gasteiger partial charge in [0.05, 0.1) is 12.2 Å². The first-order valence-electron chi connectivity index (χ1n) is 11.8. The number of rotatable bonds is 8. The number of aromatic nitrogens is 5. The molecule has 1 saturated carbocycles. The molecule has 1 saturated heterocycles. The Labute approximate surface area is 194 Å². The molecule has 0 bridgehead atoms. The Morgan fingerprint density at radius 1 is 1.12 bits per heavy atom. The number of nitrogens with one attached hydrogen (secondary N) is 3. The molecule has 3 aromatic rings. The lowest BCUT2D eigenvalue weighted by atomic mass is 10.1. The highest BCUT2D eigenvalue weighted by molar-refractivity contribution is 5.60. The van der Waals surface area contributed by atoms with Crippen molar-refractivity contribution in [2.75, 3.05) is 48.8 Å². The van der Waals surface area contributed by atoms with Gasteiger partial charge >= 0.3 is 0 Å². The Kier molecular flexibility index (Phi) is 5.92. The van der Waals surface area contributed by atoms with Gasteiger partial charge in [0, 0.05) is 56.0 Å². The number of hydrogen-bond acceptors (Lipinski definition) is 9. The number of nitrogens with zero attached hydrogens (tertiary/aromatic N) is 6. The highest BCUT2D eigenvalue weighted by Gasteiger charge is 2.35. The molecule has 0 radical (unpaired) electrons. The van der Waals surface area contributed by atoms with Crippen molar-refractivity contribution in [2.45, 2.75) is 45.6 Å². The molecule has 0 aromatic carbocycles. The number of anilines is 4. The largest absolute Gasteiger partial charge is 0.359 e. The summed E-state index contributed by atoms with van der Waals surface area (Å²) in [5.74, 6) is 5.33. The average molecular weight is 452 g/mol. The zero-order chi connectivity index (χ0) is 22.9. The van der Waals surface area contributed by atoms with Gasteiger partial charge < -0.3 is 25.0 Å². The predicted octanol–water partition coefficient (Wildman–Crippen LogP) is 3.54. The molecule has 3 N–H and O–H groups in total. The minimum absolute atomic E-state index is 0.326. The lowest BCUT2D eigenvalue weighted by molar-refractivity contribution is 0.312. The summed E-state index contributed by atoms with van der Waals surface area (Å²) in [4.78, 5) is 14.1. The molecule has 0 amide bonds. The summed E-state index contributed by atoms with van der Waals surface area (Å²) < 4.78 is 5.46. The van der Waals surface area contributed by atoms with Crippen LogP contribution in [0.3, 0.4) is 0 Å². The van der Waals surface area contributed by atoms with E-state index in [0.29, 0.717) is 30.1 Å². The zero-order valence-electron chi connectivity index (χ0n) is 19.8. The minimum Gasteiger partial charge on any atom is -0.359 e. The molecule has 1 aliphatic heterocycles. The third kappa shape index (κ3) is 5.11. The molecule has 2 aliphatic rings. The van der Waals surface area contributed by atoms with E-state index < -0.39 is 0 Å². The second kappa shape index (κ2) is 9.01. The average Bonchev–Trinajstić information content (AvgIpc) is 3.18. The van der Waals surface area contributed by atoms with Gasteiger partial charge in [-0.15, -0.1) is 0 Å². The fourth-order valence-corrected chi connectivity index (χ4v) is 4.10. The zero-order valence-corrected chi connectivity index (χ0v) is 19.8. The van der Waals surface area contributed by atoms with Crippen LogP contribution in [0.25, 0.3) is 0 Å². The topological polar surface area (TPSA) is 111 Å². The molecule has 2 atom stereocenters. The summed E-state index contributed by atoms with van der Waals surface area (Å²) in [5.41, 5.74) is 2.13. The summed E-state index contributed by atoms with van der Waals surface area (Å²) >= 11 is 0. The summed E-state index contributed by atoms with van der Waals surface area (Å²) in [6.07, 6.45) is 1.22. The van der Waals surface area contributed by atoms with Crippen LogP contribution >= 0.6 is 0 Å². The molecule has 10 nitrogen and oxygen atoms in total. The first-order valence-corrected chi connectivity index (χ1v) is 11.8. The molecule has 5 rings (SSSR count). The summed E-state index contributed by atoms with van der Waals surface area (Å²) in [7, 11) is 2.15. The van der Waals surface area contributed by atoms with Crippen molar-refractivity contribution in [1.82, 2.24) is 30.2 Å². The van der Waals surface area contributed by atoms with Crippen LogP contribution in [-0.4, -0.2) is 63.4 Å². The third-order valence-electron chi connectivity index (χ3n) is 6.49. The standard InChI is InChI=1S/C23H33N9O/c1-14(2)18-10-16(33-30-18)13-24-23-26-20(12-22(27-23)32-7-5-31(4)6-8-32)25-21-11-19(28-29-21)17-9-15(17)3/h10-12,14-15,17H,5-9,13H2,1-4H3,(H3,24,25,26,27,28,29). The van der Waals surface area contributed by atoms with E-state index >= 15 is 0 Å². The van der Waals surface area contributed by atoms with Gasteiger partial charge in [-0.25, -0.2) is 0 Å². The molecule has 0 spiro atoms. The predicted molar refractivity (Wildman–Crippen MR) is 128 cm³/mol. The van der Waals surface area contributed by atoms with Gasteiger partial charge in [-0.05, 0) is 25.3 Å². The number of piperazine rings is 1. The molecule has 176 valence electrons. The van der Waals surface area contributed by atoms with Crippen molar-refractivity contribution in [1.29, 1.82) is 0 Å². The van der Waals surface area contributed by atoms with Crippen LogP contribution in [0.1, 0.15) is 56.2 Å². The van der Waals surface area contributed by atoms with Crippen molar-refractivity contribution in [3.05, 3.63) is 35.3 Å². The van der Waals surface area contributed by atoms with Gasteiger partial charge in [-0.1, -0.05) is 25.9 Å². The van der Waals surface area contributed by atoms with Gasteiger partial charge in [-0.2, -0.15) is 15.1 Å². The Bertz CT molecular complexity index is 1080. The van der Waals surface area contributed by atoms with E-state index in [2.05, 4.69) is 69.7 Å². The molecule has 10 heteroatoms. The van der Waals surface area contributed by atoms with Crippen LogP contribution in [-0.2, 0) is 6.54 Å². The van der Waals surface area contributed by atoms with E-state index in [0.717, 1.165) is 55.2 Å². The normalized spacial score (nSPS) is 20.9. The van der Waals surface area contributed by atoms with E-state index in [1.54, 1.807) is 0 Å². The molecule has 33 heavy (non-hydrogen) atoms. The highest BCUT2D eigenvalue weighted by atomic mass is 16.5. The molecular formula is C23H33N9O. The van der Waals surface area contributed by atoms with Crippen LogP contribution in [0, 0.1) is 5.92 Å². The first kappa shape index (κ1) is 21.7. The van der Waals surface area contributed by atoms with Crippen molar-refractivity contribution >= 4 is 23.4 Å². The van der Waals surface area contributed by atoms with Gasteiger partial charge in [0.1, 0.15) is 11.6 Å². The monoisotopic (exact) mass is 451 g/mol. The second-order valence-electron chi connectivity index (χ2n) is 9.60. The molecule has 2 fully saturated rings. The van der Waals surface area contributed by atoms with Gasteiger partial charge in [0.2, 0.25) is 5.95 Å². The van der Waals surface area contributed by atoms with Crippen molar-refractivity contribution in [3.8, 4) is 0 Å². The van der Waals surface area contributed by atoms with Crippen LogP contribution in [0.2, 0.25) is 0 Å². The van der Waals surface area contributed by atoms with E-state index in [9.17, 15) is 0 Å². The lowest BCUT2D eigenvalue weighted by Crippen LogP contribution is -2.44. The Morgan fingerprint density at radius 3 is 2.61 bits per heavy atom. The maximum absolute atomic E-state index is 5.46. The van der Waals surface area contributed by atoms with E-state index in [4.69, 9.17) is 14.5 Å². The van der Waals surface area contributed by atoms with Gasteiger partial charge in [0.15, 0.2) is 11.6 Å². The Morgan fingerprint density at radius 2 is 1.91 bits per heavy atom. The van der Waals surface area contributed by atoms with Crippen molar-refractivity contribution in [3.63, 3.8) is 0 Å². The fraction of sp³-hybridized carbons (Fsp3) is 0.565. The van der Waals surface area contributed by atoms with E-state index in [1.807, 2.05) is 12.1 Å². The van der Waals surface area contributed by atoms with Crippen molar-refractivity contribution in [2.24, 2.45) is 5.92 Å². The highest BCUT2D eigenvalue weighted by Crippen LogP contribution is 2.46. The second-order valence-corrected chi connectivity index (χ2v) is 9.60. The number of H-pyrrole nitrogens is 1. The number of likely N-dealkylation sites (N-methyl/N-ethyl adjacent to an activating group) is 1. The van der Waals surface area contributed by atoms with Crippen LogP contribution in [0.4, 0.5) is 23.4 Å². The fourth-order valence-electron chi connectivity index (χ4n) is 4.10. The summed E-state index contributed by atoms with van der Waals surface area (Å²) in [5, 5.41) is 18.4. The Balaban J connectivity index is 1.34. The maximum atomic E-state index is 5.46. The number of hydrogen-bond donors (Lipinski definition) is 3. The molecule has 4 heterocycles. The Hall–Kier alpha value is -3.14. The van der Waals surface area contributed by atoms with Gasteiger partial charge in [-0.3, -0.25) is 5.10 Å². The SMILES string of the molecule is CC(C)c1cc(CNc2nc(Nc3cc(C4CC4C)[nH]n3)cc(N3CCN(C)CC3)n2)on1. The first-order chi connectivity index (χ1) is 15.9. The van der Waals surface area contributed by atoms with E-state index in [1.165, 1.54) is 12.1 Å². The molecule has 3 aromatic heterocycles. The smallest absolute Gasteiger partial charge is 0.227 e.